The number of hydrogen-bond acceptors (Lipinski definition) is 4. The van der Waals surface area contributed by atoms with Crippen LogP contribution in [0, 0.1) is 5.92 Å². The van der Waals surface area contributed by atoms with Crippen LogP contribution < -0.4 is 0 Å². The van der Waals surface area contributed by atoms with Crippen molar-refractivity contribution in [1.82, 2.24) is 9.80 Å². The topological polar surface area (TPSA) is 70.1 Å². The fourth-order valence-corrected chi connectivity index (χ4v) is 3.32. The Morgan fingerprint density at radius 2 is 1.96 bits per heavy atom. The molecule has 0 unspecified atom stereocenters. The normalized spacial score (nSPS) is 17.7. The van der Waals surface area contributed by atoms with E-state index in [2.05, 4.69) is 0 Å². The standard InChI is InChI=1S/C21H32N2O4/c1-15(2)23(20(26)27-21(3,4)5)14-16-9-8-12-22(13-16)19(25)17-10-6-7-11-18(17)24/h6-7,10-11,15-16,24H,8-9,12-14H2,1-5H3/t16-/m0/s1. The van der Waals surface area contributed by atoms with Crippen LogP contribution in [0.5, 0.6) is 5.75 Å². The zero-order valence-corrected chi connectivity index (χ0v) is 17.1. The molecule has 150 valence electrons. The Bertz CT molecular complexity index is 666. The molecule has 1 aromatic carbocycles. The molecule has 1 heterocycles. The molecule has 0 radical (unpaired) electrons. The average Bonchev–Trinajstić information content (AvgIpc) is 2.58. The number of para-hydroxylation sites is 1. The molecule has 0 bridgehead atoms. The molecule has 1 aliphatic rings. The zero-order chi connectivity index (χ0) is 20.2. The minimum absolute atomic E-state index is 0.00202. The number of phenols is 1. The fourth-order valence-electron chi connectivity index (χ4n) is 3.32. The van der Waals surface area contributed by atoms with Crippen LogP contribution in [0.2, 0.25) is 0 Å². The Morgan fingerprint density at radius 1 is 1.30 bits per heavy atom. The summed E-state index contributed by atoms with van der Waals surface area (Å²) in [5.74, 6) is 0.0248. The second-order valence-corrected chi connectivity index (χ2v) is 8.50. The summed E-state index contributed by atoms with van der Waals surface area (Å²) < 4.78 is 5.54. The van der Waals surface area contributed by atoms with E-state index in [-0.39, 0.29) is 29.7 Å². The number of benzene rings is 1. The Kier molecular flexibility index (Phi) is 6.73. The molecule has 6 heteroatoms. The number of nitrogens with zero attached hydrogens (tertiary/aromatic N) is 2. The SMILES string of the molecule is CC(C)N(C[C@H]1CCCN(C(=O)c2ccccc2O)C1)C(=O)OC(C)(C)C. The fraction of sp³-hybridized carbons (Fsp3) is 0.619. The van der Waals surface area contributed by atoms with Gasteiger partial charge in [-0.05, 0) is 65.5 Å². The van der Waals surface area contributed by atoms with Crippen LogP contribution in [0.15, 0.2) is 24.3 Å². The molecule has 2 rings (SSSR count). The maximum atomic E-state index is 12.8. The van der Waals surface area contributed by atoms with E-state index in [1.54, 1.807) is 28.0 Å². The Morgan fingerprint density at radius 3 is 2.56 bits per heavy atom. The zero-order valence-electron chi connectivity index (χ0n) is 17.1. The van der Waals surface area contributed by atoms with Crippen LogP contribution >= 0.6 is 0 Å². The minimum Gasteiger partial charge on any atom is -0.507 e. The van der Waals surface area contributed by atoms with E-state index in [1.807, 2.05) is 34.6 Å². The van der Waals surface area contributed by atoms with Crippen LogP contribution in [0.25, 0.3) is 0 Å². The van der Waals surface area contributed by atoms with Crippen LogP contribution in [0.3, 0.4) is 0 Å². The number of rotatable bonds is 4. The van der Waals surface area contributed by atoms with Gasteiger partial charge < -0.3 is 19.6 Å². The molecule has 6 nitrogen and oxygen atoms in total. The summed E-state index contributed by atoms with van der Waals surface area (Å²) in [6.45, 7) is 11.3. The quantitative estimate of drug-likeness (QED) is 0.865. The Balaban J connectivity index is 2.05. The molecule has 1 N–H and O–H groups in total. The summed E-state index contributed by atoms with van der Waals surface area (Å²) >= 11 is 0. The van der Waals surface area contributed by atoms with Crippen molar-refractivity contribution in [2.75, 3.05) is 19.6 Å². The minimum atomic E-state index is -0.538. The summed E-state index contributed by atoms with van der Waals surface area (Å²) in [5, 5.41) is 9.96. The lowest BCUT2D eigenvalue weighted by Gasteiger charge is -2.37. The number of likely N-dealkylation sites (tertiary alicyclic amines) is 1. The van der Waals surface area contributed by atoms with Crippen molar-refractivity contribution in [3.63, 3.8) is 0 Å². The Hall–Kier alpha value is -2.24. The molecule has 0 aromatic heterocycles. The molecule has 1 atom stereocenters. The summed E-state index contributed by atoms with van der Waals surface area (Å²) in [6.07, 6.45) is 1.52. The van der Waals surface area contributed by atoms with Gasteiger partial charge in [-0.3, -0.25) is 4.79 Å². The first kappa shape index (κ1) is 21.1. The molecule has 0 aliphatic carbocycles. The van der Waals surface area contributed by atoms with Gasteiger partial charge in [0, 0.05) is 25.7 Å². The van der Waals surface area contributed by atoms with Crippen molar-refractivity contribution in [2.45, 2.75) is 59.1 Å². The molecule has 2 amide bonds. The maximum Gasteiger partial charge on any atom is 0.410 e. The number of piperidine rings is 1. The lowest BCUT2D eigenvalue weighted by Crippen LogP contribution is -2.48. The summed E-state index contributed by atoms with van der Waals surface area (Å²) in [5.41, 5.74) is -0.213. The predicted molar refractivity (Wildman–Crippen MR) is 105 cm³/mol. The largest absolute Gasteiger partial charge is 0.507 e. The summed E-state index contributed by atoms with van der Waals surface area (Å²) in [4.78, 5) is 28.8. The summed E-state index contributed by atoms with van der Waals surface area (Å²) in [6, 6.07) is 6.63. The molecule has 1 fully saturated rings. The highest BCUT2D eigenvalue weighted by molar-refractivity contribution is 5.96. The second-order valence-electron chi connectivity index (χ2n) is 8.50. The number of ether oxygens (including phenoxy) is 1. The molecule has 0 saturated carbocycles. The highest BCUT2D eigenvalue weighted by Gasteiger charge is 2.31. The third-order valence-corrected chi connectivity index (χ3v) is 4.65. The smallest absolute Gasteiger partial charge is 0.410 e. The maximum absolute atomic E-state index is 12.8. The van der Waals surface area contributed by atoms with Gasteiger partial charge in [-0.25, -0.2) is 4.79 Å². The van der Waals surface area contributed by atoms with Crippen molar-refractivity contribution in [3.05, 3.63) is 29.8 Å². The number of carbonyl (C=O) groups is 2. The van der Waals surface area contributed by atoms with Crippen molar-refractivity contribution in [3.8, 4) is 5.75 Å². The Labute approximate surface area is 162 Å². The molecule has 1 aromatic rings. The lowest BCUT2D eigenvalue weighted by molar-refractivity contribution is 0.0124. The second kappa shape index (κ2) is 8.63. The molecule has 1 aliphatic heterocycles. The molecular formula is C21H32N2O4. The third-order valence-electron chi connectivity index (χ3n) is 4.65. The highest BCUT2D eigenvalue weighted by atomic mass is 16.6. The number of phenolic OH excluding ortho intramolecular Hbond substituents is 1. The first-order valence-corrected chi connectivity index (χ1v) is 9.65. The van der Waals surface area contributed by atoms with E-state index >= 15 is 0 Å². The van der Waals surface area contributed by atoms with Crippen molar-refractivity contribution in [2.24, 2.45) is 5.92 Å². The van der Waals surface area contributed by atoms with Crippen LogP contribution in [-0.4, -0.2) is 58.2 Å². The number of amides is 2. The monoisotopic (exact) mass is 376 g/mol. The van der Waals surface area contributed by atoms with Crippen molar-refractivity contribution >= 4 is 12.0 Å². The number of hydrogen-bond donors (Lipinski definition) is 1. The van der Waals surface area contributed by atoms with Crippen LogP contribution in [-0.2, 0) is 4.74 Å². The van der Waals surface area contributed by atoms with E-state index in [4.69, 9.17) is 4.74 Å². The van der Waals surface area contributed by atoms with Gasteiger partial charge in [-0.2, -0.15) is 0 Å². The van der Waals surface area contributed by atoms with Gasteiger partial charge >= 0.3 is 6.09 Å². The molecule has 27 heavy (non-hydrogen) atoms. The molecule has 1 saturated heterocycles. The summed E-state index contributed by atoms with van der Waals surface area (Å²) in [7, 11) is 0. The van der Waals surface area contributed by atoms with E-state index in [0.29, 0.717) is 25.2 Å². The average molecular weight is 376 g/mol. The van der Waals surface area contributed by atoms with Gasteiger partial charge in [0.15, 0.2) is 0 Å². The predicted octanol–water partition coefficient (Wildman–Crippen LogP) is 3.89. The van der Waals surface area contributed by atoms with E-state index in [1.165, 1.54) is 6.07 Å². The van der Waals surface area contributed by atoms with Crippen LogP contribution in [0.1, 0.15) is 57.8 Å². The first-order valence-electron chi connectivity index (χ1n) is 9.65. The van der Waals surface area contributed by atoms with E-state index < -0.39 is 5.60 Å². The van der Waals surface area contributed by atoms with Crippen molar-refractivity contribution in [1.29, 1.82) is 0 Å². The van der Waals surface area contributed by atoms with Crippen LogP contribution in [0.4, 0.5) is 4.79 Å². The molecule has 0 spiro atoms. The van der Waals surface area contributed by atoms with Gasteiger partial charge in [0.1, 0.15) is 11.4 Å². The van der Waals surface area contributed by atoms with E-state index in [0.717, 1.165) is 12.8 Å². The van der Waals surface area contributed by atoms with Gasteiger partial charge in [-0.1, -0.05) is 12.1 Å². The number of carbonyl (C=O) groups excluding carboxylic acids is 2. The molecular weight excluding hydrogens is 344 g/mol. The van der Waals surface area contributed by atoms with E-state index in [9.17, 15) is 14.7 Å². The van der Waals surface area contributed by atoms with Gasteiger partial charge in [-0.15, -0.1) is 0 Å². The van der Waals surface area contributed by atoms with Crippen molar-refractivity contribution < 1.29 is 19.4 Å². The van der Waals surface area contributed by atoms with Gasteiger partial charge in [0.2, 0.25) is 0 Å². The lowest BCUT2D eigenvalue weighted by atomic mass is 9.96. The van der Waals surface area contributed by atoms with Gasteiger partial charge in [0.05, 0.1) is 5.56 Å². The first-order chi connectivity index (χ1) is 12.6. The number of aromatic hydroxyl groups is 1. The van der Waals surface area contributed by atoms with Gasteiger partial charge in [0.25, 0.3) is 5.91 Å². The highest BCUT2D eigenvalue weighted by Crippen LogP contribution is 2.24. The third kappa shape index (κ3) is 5.88.